The van der Waals surface area contributed by atoms with E-state index in [0.717, 1.165) is 33.4 Å². The molecule has 0 radical (unpaired) electrons. The van der Waals surface area contributed by atoms with Crippen molar-refractivity contribution in [3.05, 3.63) is 21.6 Å². The summed E-state index contributed by atoms with van der Waals surface area (Å²) < 4.78 is 6.61. The largest absolute Gasteiger partial charge is 0.491 e. The third-order valence-corrected chi connectivity index (χ3v) is 4.70. The van der Waals surface area contributed by atoms with Crippen molar-refractivity contribution in [3.8, 4) is 5.75 Å². The fraction of sp³-hybridized carbons (Fsp3) is 0.625. The van der Waals surface area contributed by atoms with E-state index in [1.165, 1.54) is 38.5 Å². The van der Waals surface area contributed by atoms with Gasteiger partial charge in [0.25, 0.3) is 0 Å². The second kappa shape index (κ2) is 8.14. The summed E-state index contributed by atoms with van der Waals surface area (Å²) in [5, 5.41) is 4.21. The fourth-order valence-electron chi connectivity index (χ4n) is 2.87. The number of rotatable bonds is 6. The molecule has 2 rings (SSSR count). The molecule has 1 aromatic carbocycles. The van der Waals surface area contributed by atoms with E-state index >= 15 is 0 Å². The van der Waals surface area contributed by atoms with Gasteiger partial charge < -0.3 is 10.1 Å². The Morgan fingerprint density at radius 1 is 1.30 bits per heavy atom. The standard InChI is InChI=1S/C16H23BrClNO/c1-2-20-16-14(17)10-13(18)11-15(16)19-9-8-12-6-4-3-5-7-12/h10-12,19H,2-9H2,1H3. The highest BCUT2D eigenvalue weighted by atomic mass is 79.9. The van der Waals surface area contributed by atoms with Crippen molar-refractivity contribution in [1.82, 2.24) is 0 Å². The highest BCUT2D eigenvalue weighted by molar-refractivity contribution is 9.10. The number of ether oxygens (including phenoxy) is 1. The van der Waals surface area contributed by atoms with Gasteiger partial charge in [0.1, 0.15) is 0 Å². The Morgan fingerprint density at radius 3 is 2.75 bits per heavy atom. The third-order valence-electron chi connectivity index (χ3n) is 3.89. The average molecular weight is 361 g/mol. The maximum atomic E-state index is 6.12. The molecule has 0 bridgehead atoms. The van der Waals surface area contributed by atoms with Crippen LogP contribution in [0.15, 0.2) is 16.6 Å². The van der Waals surface area contributed by atoms with Gasteiger partial charge in [0.15, 0.2) is 5.75 Å². The zero-order chi connectivity index (χ0) is 14.4. The van der Waals surface area contributed by atoms with Crippen LogP contribution in [0.3, 0.4) is 0 Å². The minimum atomic E-state index is 0.650. The summed E-state index contributed by atoms with van der Waals surface area (Å²) >= 11 is 9.64. The van der Waals surface area contributed by atoms with Crippen molar-refractivity contribution in [2.45, 2.75) is 45.4 Å². The molecule has 0 aliphatic heterocycles. The number of hydrogen-bond acceptors (Lipinski definition) is 2. The highest BCUT2D eigenvalue weighted by Crippen LogP contribution is 2.37. The predicted molar refractivity (Wildman–Crippen MR) is 90.0 cm³/mol. The van der Waals surface area contributed by atoms with Crippen LogP contribution in [0, 0.1) is 5.92 Å². The molecule has 112 valence electrons. The molecule has 0 amide bonds. The Labute approximate surface area is 135 Å². The molecule has 0 unspecified atom stereocenters. The van der Waals surface area contributed by atoms with E-state index in [1.807, 2.05) is 19.1 Å². The van der Waals surface area contributed by atoms with Crippen LogP contribution in [0.2, 0.25) is 5.02 Å². The molecule has 0 saturated heterocycles. The van der Waals surface area contributed by atoms with Gasteiger partial charge in [0, 0.05) is 11.6 Å². The summed E-state index contributed by atoms with van der Waals surface area (Å²) in [6.07, 6.45) is 8.23. The summed E-state index contributed by atoms with van der Waals surface area (Å²) in [4.78, 5) is 0. The number of hydrogen-bond donors (Lipinski definition) is 1. The molecule has 1 aliphatic carbocycles. The minimum absolute atomic E-state index is 0.650. The molecule has 0 heterocycles. The molecule has 1 aromatic rings. The van der Waals surface area contributed by atoms with Crippen LogP contribution in [0.4, 0.5) is 5.69 Å². The molecule has 1 aliphatic rings. The molecule has 1 N–H and O–H groups in total. The predicted octanol–water partition coefficient (Wildman–Crippen LogP) is 5.88. The summed E-state index contributed by atoms with van der Waals surface area (Å²) in [5.74, 6) is 1.75. The zero-order valence-electron chi connectivity index (χ0n) is 12.1. The van der Waals surface area contributed by atoms with E-state index in [1.54, 1.807) is 0 Å². The van der Waals surface area contributed by atoms with E-state index in [4.69, 9.17) is 16.3 Å². The van der Waals surface area contributed by atoms with E-state index in [0.29, 0.717) is 6.61 Å². The first kappa shape index (κ1) is 16.0. The van der Waals surface area contributed by atoms with Gasteiger partial charge in [-0.05, 0) is 47.3 Å². The van der Waals surface area contributed by atoms with Crippen LogP contribution in [0.25, 0.3) is 0 Å². The molecule has 0 atom stereocenters. The fourth-order valence-corrected chi connectivity index (χ4v) is 3.79. The van der Waals surface area contributed by atoms with Crippen molar-refractivity contribution < 1.29 is 4.74 Å². The lowest BCUT2D eigenvalue weighted by atomic mass is 9.87. The quantitative estimate of drug-likeness (QED) is 0.683. The van der Waals surface area contributed by atoms with Crippen molar-refractivity contribution in [2.24, 2.45) is 5.92 Å². The lowest BCUT2D eigenvalue weighted by Crippen LogP contribution is -2.12. The number of benzene rings is 1. The van der Waals surface area contributed by atoms with Gasteiger partial charge >= 0.3 is 0 Å². The monoisotopic (exact) mass is 359 g/mol. The van der Waals surface area contributed by atoms with Crippen LogP contribution >= 0.6 is 27.5 Å². The topological polar surface area (TPSA) is 21.3 Å². The zero-order valence-corrected chi connectivity index (χ0v) is 14.4. The van der Waals surface area contributed by atoms with Crippen LogP contribution in [0.5, 0.6) is 5.75 Å². The van der Waals surface area contributed by atoms with Gasteiger partial charge in [-0.2, -0.15) is 0 Å². The first-order valence-electron chi connectivity index (χ1n) is 7.56. The molecule has 1 saturated carbocycles. The average Bonchev–Trinajstić information content (AvgIpc) is 2.43. The maximum Gasteiger partial charge on any atom is 0.156 e. The van der Waals surface area contributed by atoms with Crippen molar-refractivity contribution >= 4 is 33.2 Å². The molecule has 20 heavy (non-hydrogen) atoms. The van der Waals surface area contributed by atoms with Crippen molar-refractivity contribution in [1.29, 1.82) is 0 Å². The van der Waals surface area contributed by atoms with Gasteiger partial charge in [-0.15, -0.1) is 0 Å². The Hall–Kier alpha value is -0.410. The Morgan fingerprint density at radius 2 is 2.05 bits per heavy atom. The van der Waals surface area contributed by atoms with Crippen LogP contribution in [-0.2, 0) is 0 Å². The van der Waals surface area contributed by atoms with Gasteiger partial charge in [-0.25, -0.2) is 0 Å². The summed E-state index contributed by atoms with van der Waals surface area (Å²) in [7, 11) is 0. The highest BCUT2D eigenvalue weighted by Gasteiger charge is 2.14. The van der Waals surface area contributed by atoms with E-state index in [-0.39, 0.29) is 0 Å². The molecule has 1 fully saturated rings. The van der Waals surface area contributed by atoms with Gasteiger partial charge in [-0.1, -0.05) is 43.7 Å². The summed E-state index contributed by atoms with van der Waals surface area (Å²) in [6, 6.07) is 3.82. The third kappa shape index (κ3) is 4.56. The lowest BCUT2D eigenvalue weighted by molar-refractivity contribution is 0.337. The second-order valence-corrected chi connectivity index (χ2v) is 6.71. The normalized spacial score (nSPS) is 16.1. The van der Waals surface area contributed by atoms with E-state index in [2.05, 4.69) is 21.2 Å². The maximum absolute atomic E-state index is 6.12. The van der Waals surface area contributed by atoms with Gasteiger partial charge in [0.05, 0.1) is 16.8 Å². The lowest BCUT2D eigenvalue weighted by Gasteiger charge is -2.22. The van der Waals surface area contributed by atoms with Crippen molar-refractivity contribution in [2.75, 3.05) is 18.5 Å². The van der Waals surface area contributed by atoms with Gasteiger partial charge in [0.2, 0.25) is 0 Å². The molecule has 2 nitrogen and oxygen atoms in total. The van der Waals surface area contributed by atoms with E-state index in [9.17, 15) is 0 Å². The molecular formula is C16H23BrClNO. The number of halogens is 2. The molecule has 4 heteroatoms. The minimum Gasteiger partial charge on any atom is -0.491 e. The van der Waals surface area contributed by atoms with Crippen LogP contribution in [-0.4, -0.2) is 13.2 Å². The first-order chi connectivity index (χ1) is 9.70. The Balaban J connectivity index is 1.93. The van der Waals surface area contributed by atoms with Crippen LogP contribution in [0.1, 0.15) is 45.4 Å². The summed E-state index contributed by atoms with van der Waals surface area (Å²) in [6.45, 7) is 3.63. The van der Waals surface area contributed by atoms with Gasteiger partial charge in [-0.3, -0.25) is 0 Å². The number of anilines is 1. The number of nitrogens with one attached hydrogen (secondary N) is 1. The summed E-state index contributed by atoms with van der Waals surface area (Å²) in [5.41, 5.74) is 0.988. The smallest absolute Gasteiger partial charge is 0.156 e. The van der Waals surface area contributed by atoms with E-state index < -0.39 is 0 Å². The molecule has 0 spiro atoms. The van der Waals surface area contributed by atoms with Crippen molar-refractivity contribution in [3.63, 3.8) is 0 Å². The molecular weight excluding hydrogens is 338 g/mol. The Bertz CT molecular complexity index is 433. The SMILES string of the molecule is CCOc1c(Br)cc(Cl)cc1NCCC1CCCCC1. The van der Waals surface area contributed by atoms with Crippen LogP contribution < -0.4 is 10.1 Å². The second-order valence-electron chi connectivity index (χ2n) is 5.42. The molecule has 0 aromatic heterocycles. The Kier molecular flexibility index (Phi) is 6.50. The first-order valence-corrected chi connectivity index (χ1v) is 8.73.